The van der Waals surface area contributed by atoms with Crippen LogP contribution in [-0.4, -0.2) is 17.0 Å². The molecule has 0 aliphatic heterocycles. The zero-order valence-corrected chi connectivity index (χ0v) is 7.11. The summed E-state index contributed by atoms with van der Waals surface area (Å²) in [5.74, 6) is -3.44. The topological polar surface area (TPSA) is 80.4 Å². The number of hydrogen-bond donors (Lipinski definition) is 2. The first-order valence-electron chi connectivity index (χ1n) is 3.77. The number of carboxylic acids is 1. The minimum Gasteiger partial charge on any atom is -0.478 e. The van der Waals surface area contributed by atoms with Crippen molar-refractivity contribution in [1.29, 1.82) is 0 Å². The maximum absolute atomic E-state index is 13.7. The smallest absolute Gasteiger partial charge is 0.356 e. The molecule has 0 saturated heterocycles. The first-order chi connectivity index (χ1) is 6.49. The van der Waals surface area contributed by atoms with Crippen molar-refractivity contribution in [1.82, 2.24) is 0 Å². The first kappa shape index (κ1) is 10.2. The highest BCUT2D eigenvalue weighted by molar-refractivity contribution is 6.05. The van der Waals surface area contributed by atoms with Crippen molar-refractivity contribution in [3.05, 3.63) is 35.9 Å². The number of nitrogens with two attached hydrogens (primary N) is 1. The van der Waals surface area contributed by atoms with Crippen molar-refractivity contribution in [3.8, 4) is 0 Å². The highest BCUT2D eigenvalue weighted by Gasteiger charge is 2.47. The number of aliphatic carboxylic acids is 1. The van der Waals surface area contributed by atoms with Gasteiger partial charge < -0.3 is 10.8 Å². The Labute approximate surface area is 79.1 Å². The first-order valence-corrected chi connectivity index (χ1v) is 3.77. The van der Waals surface area contributed by atoms with Crippen molar-refractivity contribution < 1.29 is 19.1 Å². The average molecular weight is 197 g/mol. The number of alkyl halides is 1. The van der Waals surface area contributed by atoms with Crippen LogP contribution in [0.4, 0.5) is 4.39 Å². The molecule has 0 aromatic heterocycles. The third-order valence-corrected chi connectivity index (χ3v) is 1.81. The predicted octanol–water partition coefficient (Wildman–Crippen LogP) is 0.421. The lowest BCUT2D eigenvalue weighted by molar-refractivity contribution is -0.157. The fourth-order valence-corrected chi connectivity index (χ4v) is 1.04. The van der Waals surface area contributed by atoms with Crippen molar-refractivity contribution >= 4 is 11.9 Å². The van der Waals surface area contributed by atoms with E-state index < -0.39 is 17.5 Å². The van der Waals surface area contributed by atoms with Gasteiger partial charge in [-0.15, -0.1) is 0 Å². The maximum atomic E-state index is 13.7. The van der Waals surface area contributed by atoms with Crippen molar-refractivity contribution in [3.63, 3.8) is 0 Å². The molecule has 1 aromatic rings. The molecular weight excluding hydrogens is 189 g/mol. The van der Waals surface area contributed by atoms with Crippen LogP contribution < -0.4 is 5.73 Å². The Kier molecular flexibility index (Phi) is 2.51. The van der Waals surface area contributed by atoms with Gasteiger partial charge in [0.2, 0.25) is 0 Å². The number of rotatable bonds is 3. The summed E-state index contributed by atoms with van der Waals surface area (Å²) in [6.45, 7) is 0. The molecule has 5 heteroatoms. The number of primary amides is 1. The number of halogens is 1. The summed E-state index contributed by atoms with van der Waals surface area (Å²) in [5.41, 5.74) is 1.28. The second-order valence-electron chi connectivity index (χ2n) is 2.69. The molecule has 0 bridgehead atoms. The van der Waals surface area contributed by atoms with E-state index in [9.17, 15) is 14.0 Å². The molecule has 0 spiro atoms. The molecule has 0 aliphatic carbocycles. The minimum absolute atomic E-state index is 0.278. The Morgan fingerprint density at radius 3 is 2.14 bits per heavy atom. The summed E-state index contributed by atoms with van der Waals surface area (Å²) in [4.78, 5) is 21.3. The molecule has 74 valence electrons. The molecule has 1 amide bonds. The highest BCUT2D eigenvalue weighted by Crippen LogP contribution is 2.25. The molecule has 0 heterocycles. The normalized spacial score (nSPS) is 14.4. The minimum atomic E-state index is -3.15. The lowest BCUT2D eigenvalue weighted by Gasteiger charge is -2.16. The van der Waals surface area contributed by atoms with Crippen LogP contribution in [0.15, 0.2) is 30.3 Å². The van der Waals surface area contributed by atoms with Gasteiger partial charge in [-0.2, -0.15) is 0 Å². The number of benzene rings is 1. The summed E-state index contributed by atoms with van der Waals surface area (Å²) >= 11 is 0. The lowest BCUT2D eigenvalue weighted by atomic mass is 9.95. The lowest BCUT2D eigenvalue weighted by Crippen LogP contribution is -2.44. The van der Waals surface area contributed by atoms with E-state index in [0.29, 0.717) is 0 Å². The van der Waals surface area contributed by atoms with Crippen LogP contribution in [0.2, 0.25) is 0 Å². The molecule has 14 heavy (non-hydrogen) atoms. The van der Waals surface area contributed by atoms with Gasteiger partial charge in [0, 0.05) is 5.56 Å². The van der Waals surface area contributed by atoms with Crippen molar-refractivity contribution in [2.24, 2.45) is 5.73 Å². The second kappa shape index (κ2) is 3.45. The molecule has 0 aliphatic rings. The number of carbonyl (C=O) groups is 2. The van der Waals surface area contributed by atoms with Gasteiger partial charge in [-0.25, -0.2) is 9.18 Å². The maximum Gasteiger partial charge on any atom is 0.356 e. The summed E-state index contributed by atoms with van der Waals surface area (Å²) in [6.07, 6.45) is 0. The summed E-state index contributed by atoms with van der Waals surface area (Å²) in [5, 5.41) is 8.58. The van der Waals surface area contributed by atoms with E-state index in [1.807, 2.05) is 0 Å². The monoisotopic (exact) mass is 197 g/mol. The van der Waals surface area contributed by atoms with Gasteiger partial charge in [0.1, 0.15) is 0 Å². The van der Waals surface area contributed by atoms with E-state index in [2.05, 4.69) is 0 Å². The zero-order valence-electron chi connectivity index (χ0n) is 7.11. The van der Waals surface area contributed by atoms with Crippen LogP contribution in [-0.2, 0) is 15.3 Å². The Morgan fingerprint density at radius 2 is 1.79 bits per heavy atom. The van der Waals surface area contributed by atoms with Crippen LogP contribution in [0.25, 0.3) is 0 Å². The molecule has 3 N–H and O–H groups in total. The van der Waals surface area contributed by atoms with Gasteiger partial charge in [0.25, 0.3) is 5.91 Å². The molecule has 1 atom stereocenters. The third-order valence-electron chi connectivity index (χ3n) is 1.81. The van der Waals surface area contributed by atoms with Gasteiger partial charge >= 0.3 is 11.6 Å². The van der Waals surface area contributed by atoms with E-state index >= 15 is 0 Å². The summed E-state index contributed by atoms with van der Waals surface area (Å²) < 4.78 is 13.7. The average Bonchev–Trinajstić information content (AvgIpc) is 2.17. The fraction of sp³-hybridized carbons (Fsp3) is 0.111. The van der Waals surface area contributed by atoms with Crippen LogP contribution >= 0.6 is 0 Å². The predicted molar refractivity (Wildman–Crippen MR) is 46.1 cm³/mol. The van der Waals surface area contributed by atoms with Crippen molar-refractivity contribution in [2.45, 2.75) is 5.67 Å². The van der Waals surface area contributed by atoms with Crippen LogP contribution in [0.3, 0.4) is 0 Å². The highest BCUT2D eigenvalue weighted by atomic mass is 19.1. The Bertz CT molecular complexity index is 350. The zero-order chi connectivity index (χ0) is 10.8. The fourth-order valence-electron chi connectivity index (χ4n) is 1.04. The van der Waals surface area contributed by atoms with Crippen LogP contribution in [0.5, 0.6) is 0 Å². The Balaban J connectivity index is 3.27. The molecule has 1 aromatic carbocycles. The van der Waals surface area contributed by atoms with Gasteiger partial charge in [-0.1, -0.05) is 30.3 Å². The number of hydrogen-bond acceptors (Lipinski definition) is 2. The van der Waals surface area contributed by atoms with Crippen molar-refractivity contribution in [2.75, 3.05) is 0 Å². The summed E-state index contributed by atoms with van der Waals surface area (Å²) in [7, 11) is 0. The molecule has 0 fully saturated rings. The van der Waals surface area contributed by atoms with E-state index in [1.165, 1.54) is 24.3 Å². The van der Waals surface area contributed by atoms with E-state index in [-0.39, 0.29) is 5.56 Å². The van der Waals surface area contributed by atoms with Gasteiger partial charge in [-0.05, 0) is 0 Å². The molecule has 4 nitrogen and oxygen atoms in total. The largest absolute Gasteiger partial charge is 0.478 e. The second-order valence-corrected chi connectivity index (χ2v) is 2.69. The SMILES string of the molecule is NC(=O)C(F)(C(=O)O)c1ccccc1. The molecular formula is C9H8FNO3. The number of carbonyl (C=O) groups excluding carboxylic acids is 1. The molecule has 1 rings (SSSR count). The van der Waals surface area contributed by atoms with E-state index in [1.54, 1.807) is 6.07 Å². The Morgan fingerprint density at radius 1 is 1.29 bits per heavy atom. The van der Waals surface area contributed by atoms with E-state index in [4.69, 9.17) is 10.8 Å². The van der Waals surface area contributed by atoms with Gasteiger partial charge in [0.05, 0.1) is 0 Å². The quantitative estimate of drug-likeness (QED) is 0.689. The third kappa shape index (κ3) is 1.44. The summed E-state index contributed by atoms with van der Waals surface area (Å²) in [6, 6.07) is 6.82. The van der Waals surface area contributed by atoms with Crippen LogP contribution in [0, 0.1) is 0 Å². The van der Waals surface area contributed by atoms with Crippen LogP contribution in [0.1, 0.15) is 5.56 Å². The van der Waals surface area contributed by atoms with E-state index in [0.717, 1.165) is 0 Å². The number of amides is 1. The number of carboxylic acid groups (broad SMARTS) is 1. The van der Waals surface area contributed by atoms with Gasteiger partial charge in [0.15, 0.2) is 0 Å². The standard InChI is InChI=1S/C9H8FNO3/c10-9(7(11)12,8(13)14)6-4-2-1-3-5-6/h1-5H,(H2,11,12)(H,13,14). The Hall–Kier alpha value is -1.91. The molecule has 1 unspecified atom stereocenters. The van der Waals surface area contributed by atoms with Gasteiger partial charge in [-0.3, -0.25) is 4.79 Å². The molecule has 0 saturated carbocycles. The molecule has 0 radical (unpaired) electrons.